The third kappa shape index (κ3) is 1.66. The first-order chi connectivity index (χ1) is 7.09. The van der Waals surface area contributed by atoms with Crippen LogP contribution in [0.5, 0.6) is 0 Å². The molecule has 1 N–H and O–H groups in total. The maximum Gasteiger partial charge on any atom is 0.415 e. The third-order valence-corrected chi connectivity index (χ3v) is 2.28. The molecule has 1 atom stereocenters. The van der Waals surface area contributed by atoms with Gasteiger partial charge in [0.05, 0.1) is 10.6 Å². The molecule has 0 spiro atoms. The summed E-state index contributed by atoms with van der Waals surface area (Å²) in [4.78, 5) is 21.9. The number of ether oxygens (including phenoxy) is 1. The Labute approximate surface area is 89.0 Å². The second-order valence-corrected chi connectivity index (χ2v) is 3.32. The van der Waals surface area contributed by atoms with E-state index in [4.69, 9.17) is 11.6 Å². The smallest absolute Gasteiger partial charge is 0.415 e. The lowest BCUT2D eigenvalue weighted by Gasteiger charge is -2.09. The number of halogens is 2. The highest BCUT2D eigenvalue weighted by Gasteiger charge is 2.36. The minimum atomic E-state index is -1.30. The topological polar surface area (TPSA) is 55.4 Å². The number of hydrogen-bond donors (Lipinski definition) is 1. The molecular formula is C9H5ClFNO3. The number of amides is 2. The molecule has 1 unspecified atom stereocenters. The number of hydrogen-bond acceptors (Lipinski definition) is 3. The number of cyclic esters (lactones) is 1. The number of benzene rings is 1. The van der Waals surface area contributed by atoms with Crippen molar-refractivity contribution in [3.05, 3.63) is 34.6 Å². The molecule has 1 saturated heterocycles. The Bertz CT molecular complexity index is 429. The summed E-state index contributed by atoms with van der Waals surface area (Å²) in [5, 5.41) is 1.94. The summed E-state index contributed by atoms with van der Waals surface area (Å²) < 4.78 is 17.9. The Balaban J connectivity index is 2.46. The van der Waals surface area contributed by atoms with Gasteiger partial charge in [-0.1, -0.05) is 17.7 Å². The molecule has 0 saturated carbocycles. The zero-order valence-electron chi connectivity index (χ0n) is 7.29. The predicted molar refractivity (Wildman–Crippen MR) is 48.8 cm³/mol. The van der Waals surface area contributed by atoms with Gasteiger partial charge in [-0.05, 0) is 12.1 Å². The highest BCUT2D eigenvalue weighted by Crippen LogP contribution is 2.30. The number of imide groups is 1. The van der Waals surface area contributed by atoms with Gasteiger partial charge in [-0.25, -0.2) is 9.18 Å². The molecule has 78 valence electrons. The van der Waals surface area contributed by atoms with E-state index >= 15 is 0 Å². The van der Waals surface area contributed by atoms with Gasteiger partial charge in [0.2, 0.25) is 6.10 Å². The van der Waals surface area contributed by atoms with Crippen LogP contribution in [0.2, 0.25) is 5.02 Å². The summed E-state index contributed by atoms with van der Waals surface area (Å²) in [7, 11) is 0. The van der Waals surface area contributed by atoms with Crippen LogP contribution >= 0.6 is 11.6 Å². The second kappa shape index (κ2) is 3.51. The monoisotopic (exact) mass is 229 g/mol. The number of carbonyl (C=O) groups is 2. The molecule has 6 heteroatoms. The first kappa shape index (κ1) is 9.92. The van der Waals surface area contributed by atoms with Crippen LogP contribution in [0.4, 0.5) is 9.18 Å². The lowest BCUT2D eigenvalue weighted by molar-refractivity contribution is -0.123. The minimum Gasteiger partial charge on any atom is -0.431 e. The Hall–Kier alpha value is -1.62. The van der Waals surface area contributed by atoms with E-state index in [1.807, 2.05) is 5.32 Å². The first-order valence-corrected chi connectivity index (χ1v) is 4.43. The van der Waals surface area contributed by atoms with Gasteiger partial charge in [-0.2, -0.15) is 0 Å². The van der Waals surface area contributed by atoms with E-state index in [0.717, 1.165) is 6.07 Å². The van der Waals surface area contributed by atoms with Crippen LogP contribution in [0.25, 0.3) is 0 Å². The molecule has 15 heavy (non-hydrogen) atoms. The molecule has 2 amide bonds. The van der Waals surface area contributed by atoms with Crippen LogP contribution in [0.15, 0.2) is 18.2 Å². The summed E-state index contributed by atoms with van der Waals surface area (Å²) in [5.41, 5.74) is -0.123. The summed E-state index contributed by atoms with van der Waals surface area (Å²) in [6.45, 7) is 0. The molecule has 0 aliphatic carbocycles. The van der Waals surface area contributed by atoms with E-state index in [-0.39, 0.29) is 10.6 Å². The summed E-state index contributed by atoms with van der Waals surface area (Å²) in [6, 6.07) is 3.95. The van der Waals surface area contributed by atoms with Crippen LogP contribution in [0.1, 0.15) is 11.7 Å². The van der Waals surface area contributed by atoms with Crippen molar-refractivity contribution in [3.63, 3.8) is 0 Å². The fourth-order valence-electron chi connectivity index (χ4n) is 1.31. The largest absolute Gasteiger partial charge is 0.431 e. The lowest BCUT2D eigenvalue weighted by Crippen LogP contribution is -2.21. The first-order valence-electron chi connectivity index (χ1n) is 4.05. The van der Waals surface area contributed by atoms with Crippen LogP contribution < -0.4 is 5.32 Å². The van der Waals surface area contributed by atoms with Crippen molar-refractivity contribution >= 4 is 23.6 Å². The van der Waals surface area contributed by atoms with Crippen molar-refractivity contribution in [3.8, 4) is 0 Å². The number of alkyl carbamates (subject to hydrolysis) is 1. The van der Waals surface area contributed by atoms with Crippen LogP contribution in [0, 0.1) is 5.82 Å². The number of carbonyl (C=O) groups excluding carboxylic acids is 2. The molecule has 1 heterocycles. The predicted octanol–water partition coefficient (Wildman–Crippen LogP) is 1.79. The molecule has 1 aliphatic heterocycles. The van der Waals surface area contributed by atoms with Crippen molar-refractivity contribution in [1.82, 2.24) is 5.32 Å². The number of nitrogens with one attached hydrogen (secondary N) is 1. The Morgan fingerprint density at radius 1 is 1.40 bits per heavy atom. The van der Waals surface area contributed by atoms with Crippen molar-refractivity contribution in [2.45, 2.75) is 6.10 Å². The van der Waals surface area contributed by atoms with Gasteiger partial charge >= 0.3 is 6.09 Å². The van der Waals surface area contributed by atoms with Crippen molar-refractivity contribution < 1.29 is 18.7 Å². The normalized spacial score (nSPS) is 20.0. The van der Waals surface area contributed by atoms with E-state index in [1.54, 1.807) is 0 Å². The molecule has 4 nitrogen and oxygen atoms in total. The zero-order valence-corrected chi connectivity index (χ0v) is 8.05. The maximum atomic E-state index is 13.3. The van der Waals surface area contributed by atoms with Gasteiger partial charge in [-0.3, -0.25) is 10.1 Å². The summed E-state index contributed by atoms with van der Waals surface area (Å²) in [6.07, 6.45) is -2.20. The van der Waals surface area contributed by atoms with E-state index in [1.165, 1.54) is 12.1 Å². The lowest BCUT2D eigenvalue weighted by atomic mass is 10.1. The summed E-state index contributed by atoms with van der Waals surface area (Å²) >= 11 is 5.71. The van der Waals surface area contributed by atoms with Gasteiger partial charge in [0, 0.05) is 0 Å². The van der Waals surface area contributed by atoms with E-state index < -0.39 is 23.9 Å². The fourth-order valence-corrected chi connectivity index (χ4v) is 1.57. The summed E-state index contributed by atoms with van der Waals surface area (Å²) in [5.74, 6) is -1.40. The minimum absolute atomic E-state index is 0.0462. The SMILES string of the molecule is O=C1NC(=O)C(c2c(F)cccc2Cl)O1. The molecule has 0 radical (unpaired) electrons. The quantitative estimate of drug-likeness (QED) is 0.799. The van der Waals surface area contributed by atoms with Gasteiger partial charge in [0.1, 0.15) is 5.82 Å². The van der Waals surface area contributed by atoms with Crippen LogP contribution in [-0.4, -0.2) is 12.0 Å². The van der Waals surface area contributed by atoms with Crippen LogP contribution in [-0.2, 0) is 9.53 Å². The zero-order chi connectivity index (χ0) is 11.0. The van der Waals surface area contributed by atoms with Gasteiger partial charge in [0.15, 0.2) is 0 Å². The highest BCUT2D eigenvalue weighted by molar-refractivity contribution is 6.31. The highest BCUT2D eigenvalue weighted by atomic mass is 35.5. The molecule has 1 aromatic carbocycles. The molecular weight excluding hydrogens is 225 g/mol. The van der Waals surface area contributed by atoms with E-state index in [0.29, 0.717) is 0 Å². The standard InChI is InChI=1S/C9H5ClFNO3/c10-4-2-1-3-5(11)6(4)7-8(13)12-9(14)15-7/h1-3,7H,(H,12,13,14). The average molecular weight is 230 g/mol. The third-order valence-electron chi connectivity index (χ3n) is 1.95. The molecule has 2 rings (SSSR count). The van der Waals surface area contributed by atoms with E-state index in [9.17, 15) is 14.0 Å². The van der Waals surface area contributed by atoms with Crippen molar-refractivity contribution in [1.29, 1.82) is 0 Å². The second-order valence-electron chi connectivity index (χ2n) is 2.91. The van der Waals surface area contributed by atoms with E-state index in [2.05, 4.69) is 4.74 Å². The molecule has 0 bridgehead atoms. The van der Waals surface area contributed by atoms with Gasteiger partial charge in [0.25, 0.3) is 5.91 Å². The molecule has 1 fully saturated rings. The van der Waals surface area contributed by atoms with Crippen molar-refractivity contribution in [2.75, 3.05) is 0 Å². The van der Waals surface area contributed by atoms with Gasteiger partial charge in [-0.15, -0.1) is 0 Å². The van der Waals surface area contributed by atoms with Crippen LogP contribution in [0.3, 0.4) is 0 Å². The average Bonchev–Trinajstić information content (AvgIpc) is 2.45. The maximum absolute atomic E-state index is 13.3. The molecule has 1 aliphatic rings. The van der Waals surface area contributed by atoms with Gasteiger partial charge < -0.3 is 4.74 Å². The Morgan fingerprint density at radius 2 is 2.13 bits per heavy atom. The Kier molecular flexibility index (Phi) is 2.32. The fraction of sp³-hybridized carbons (Fsp3) is 0.111. The molecule has 1 aromatic rings. The molecule has 0 aromatic heterocycles. The Morgan fingerprint density at radius 3 is 2.67 bits per heavy atom. The van der Waals surface area contributed by atoms with Crippen molar-refractivity contribution in [2.24, 2.45) is 0 Å². The number of rotatable bonds is 1.